The van der Waals surface area contributed by atoms with Crippen molar-refractivity contribution in [3.8, 4) is 11.5 Å². The van der Waals surface area contributed by atoms with E-state index >= 15 is 0 Å². The Hall–Kier alpha value is -1.54. The quantitative estimate of drug-likeness (QED) is 0.723. The van der Waals surface area contributed by atoms with Crippen molar-refractivity contribution in [2.24, 2.45) is 0 Å². The fourth-order valence-corrected chi connectivity index (χ4v) is 1.77. The minimum atomic E-state index is 0.151. The number of rotatable bonds is 2. The van der Waals surface area contributed by atoms with Crippen molar-refractivity contribution in [2.75, 3.05) is 0 Å². The average molecular weight is 262 g/mol. The Morgan fingerprint density at radius 3 is 2.22 bits per heavy atom. The van der Waals surface area contributed by atoms with E-state index in [1.807, 2.05) is 12.1 Å². The maximum absolute atomic E-state index is 5.81. The molecule has 0 aliphatic heterocycles. The molecular formula is C15H16ClNO. The van der Waals surface area contributed by atoms with Crippen LogP contribution in [0.15, 0.2) is 42.6 Å². The number of ether oxygens (including phenoxy) is 1. The van der Waals surface area contributed by atoms with Gasteiger partial charge >= 0.3 is 0 Å². The zero-order valence-electron chi connectivity index (χ0n) is 10.8. The molecule has 0 atom stereocenters. The van der Waals surface area contributed by atoms with Crippen molar-refractivity contribution in [1.82, 2.24) is 4.98 Å². The predicted molar refractivity (Wildman–Crippen MR) is 74.5 cm³/mol. The fraction of sp³-hybridized carbons (Fsp3) is 0.267. The van der Waals surface area contributed by atoms with Crippen molar-refractivity contribution in [3.05, 3.63) is 53.3 Å². The number of hydrogen-bond donors (Lipinski definition) is 0. The summed E-state index contributed by atoms with van der Waals surface area (Å²) in [6.45, 7) is 6.56. The van der Waals surface area contributed by atoms with Crippen LogP contribution in [0.2, 0.25) is 5.15 Å². The van der Waals surface area contributed by atoms with Crippen LogP contribution in [0.4, 0.5) is 0 Å². The van der Waals surface area contributed by atoms with Gasteiger partial charge in [0, 0.05) is 12.3 Å². The van der Waals surface area contributed by atoms with Gasteiger partial charge in [0.25, 0.3) is 0 Å². The van der Waals surface area contributed by atoms with Crippen LogP contribution in [-0.4, -0.2) is 4.98 Å². The standard InChI is InChI=1S/C15H16ClNO/c1-15(2,3)11-4-6-12(7-5-11)18-13-8-9-17-14(16)10-13/h4-10H,1-3H3. The van der Waals surface area contributed by atoms with Crippen LogP contribution in [0, 0.1) is 0 Å². The van der Waals surface area contributed by atoms with E-state index in [9.17, 15) is 0 Å². The highest BCUT2D eigenvalue weighted by molar-refractivity contribution is 6.29. The van der Waals surface area contributed by atoms with Crippen LogP contribution < -0.4 is 4.74 Å². The molecule has 0 aliphatic rings. The summed E-state index contributed by atoms with van der Waals surface area (Å²) < 4.78 is 5.70. The van der Waals surface area contributed by atoms with E-state index in [-0.39, 0.29) is 5.41 Å². The zero-order valence-corrected chi connectivity index (χ0v) is 11.5. The van der Waals surface area contributed by atoms with Gasteiger partial charge in [-0.15, -0.1) is 0 Å². The van der Waals surface area contributed by atoms with Gasteiger partial charge in [0.2, 0.25) is 0 Å². The monoisotopic (exact) mass is 261 g/mol. The molecule has 0 N–H and O–H groups in total. The van der Waals surface area contributed by atoms with Crippen molar-refractivity contribution in [1.29, 1.82) is 0 Å². The molecule has 0 amide bonds. The maximum atomic E-state index is 5.81. The normalized spacial score (nSPS) is 11.3. The van der Waals surface area contributed by atoms with Gasteiger partial charge in [-0.05, 0) is 29.2 Å². The van der Waals surface area contributed by atoms with E-state index in [1.54, 1.807) is 18.3 Å². The summed E-state index contributed by atoms with van der Waals surface area (Å²) >= 11 is 5.81. The largest absolute Gasteiger partial charge is 0.457 e. The Labute approximate surface area is 113 Å². The Morgan fingerprint density at radius 1 is 1.00 bits per heavy atom. The predicted octanol–water partition coefficient (Wildman–Crippen LogP) is 4.82. The second-order valence-corrected chi connectivity index (χ2v) is 5.58. The number of pyridine rings is 1. The van der Waals surface area contributed by atoms with Crippen molar-refractivity contribution in [2.45, 2.75) is 26.2 Å². The molecule has 3 heteroatoms. The molecule has 1 heterocycles. The summed E-state index contributed by atoms with van der Waals surface area (Å²) in [6, 6.07) is 11.6. The highest BCUT2D eigenvalue weighted by Crippen LogP contribution is 2.27. The molecule has 0 saturated heterocycles. The summed E-state index contributed by atoms with van der Waals surface area (Å²) in [6.07, 6.45) is 1.63. The lowest BCUT2D eigenvalue weighted by Gasteiger charge is -2.19. The Bertz CT molecular complexity index is 529. The van der Waals surface area contributed by atoms with Crippen LogP contribution in [0.3, 0.4) is 0 Å². The lowest BCUT2D eigenvalue weighted by atomic mass is 9.87. The first-order chi connectivity index (χ1) is 8.45. The highest BCUT2D eigenvalue weighted by Gasteiger charge is 2.13. The molecule has 2 rings (SSSR count). The first-order valence-corrected chi connectivity index (χ1v) is 6.23. The molecule has 18 heavy (non-hydrogen) atoms. The number of benzene rings is 1. The van der Waals surface area contributed by atoms with Gasteiger partial charge in [0.1, 0.15) is 16.7 Å². The summed E-state index contributed by atoms with van der Waals surface area (Å²) in [7, 11) is 0. The van der Waals surface area contributed by atoms with Gasteiger partial charge in [-0.25, -0.2) is 4.98 Å². The SMILES string of the molecule is CC(C)(C)c1ccc(Oc2ccnc(Cl)c2)cc1. The van der Waals surface area contributed by atoms with E-state index in [0.717, 1.165) is 5.75 Å². The topological polar surface area (TPSA) is 22.1 Å². The van der Waals surface area contributed by atoms with E-state index < -0.39 is 0 Å². The summed E-state index contributed by atoms with van der Waals surface area (Å²) in [5.74, 6) is 1.49. The first kappa shape index (κ1) is 12.9. The van der Waals surface area contributed by atoms with Crippen LogP contribution >= 0.6 is 11.6 Å². The Kier molecular flexibility index (Phi) is 3.58. The van der Waals surface area contributed by atoms with Gasteiger partial charge in [-0.3, -0.25) is 0 Å². The second-order valence-electron chi connectivity index (χ2n) is 5.19. The van der Waals surface area contributed by atoms with E-state index in [1.165, 1.54) is 5.56 Å². The van der Waals surface area contributed by atoms with Gasteiger partial charge < -0.3 is 4.74 Å². The third-order valence-corrected chi connectivity index (χ3v) is 2.86. The van der Waals surface area contributed by atoms with Crippen LogP contribution in [0.5, 0.6) is 11.5 Å². The molecule has 1 aromatic carbocycles. The molecule has 2 nitrogen and oxygen atoms in total. The Balaban J connectivity index is 2.16. The summed E-state index contributed by atoms with van der Waals surface area (Å²) in [5.41, 5.74) is 1.43. The molecule has 0 fully saturated rings. The minimum absolute atomic E-state index is 0.151. The molecule has 1 aromatic heterocycles. The molecule has 2 aromatic rings. The maximum Gasteiger partial charge on any atom is 0.132 e. The average Bonchev–Trinajstić information content (AvgIpc) is 2.28. The van der Waals surface area contributed by atoms with Crippen molar-refractivity contribution in [3.63, 3.8) is 0 Å². The van der Waals surface area contributed by atoms with Crippen LogP contribution in [-0.2, 0) is 5.41 Å². The van der Waals surface area contributed by atoms with Gasteiger partial charge in [0.05, 0.1) is 0 Å². The molecule has 0 aliphatic carbocycles. The molecule has 0 spiro atoms. The van der Waals surface area contributed by atoms with Crippen LogP contribution in [0.1, 0.15) is 26.3 Å². The second kappa shape index (κ2) is 4.99. The number of aromatic nitrogens is 1. The minimum Gasteiger partial charge on any atom is -0.457 e. The Morgan fingerprint density at radius 2 is 1.67 bits per heavy atom. The third-order valence-electron chi connectivity index (χ3n) is 2.65. The molecular weight excluding hydrogens is 246 g/mol. The highest BCUT2D eigenvalue weighted by atomic mass is 35.5. The third kappa shape index (κ3) is 3.23. The summed E-state index contributed by atoms with van der Waals surface area (Å²) in [5, 5.41) is 0.429. The van der Waals surface area contributed by atoms with Gasteiger partial charge in [0.15, 0.2) is 0 Å². The molecule has 0 bridgehead atoms. The van der Waals surface area contributed by atoms with Gasteiger partial charge in [-0.2, -0.15) is 0 Å². The van der Waals surface area contributed by atoms with E-state index in [2.05, 4.69) is 37.9 Å². The number of hydrogen-bond acceptors (Lipinski definition) is 2. The number of halogens is 1. The zero-order chi connectivity index (χ0) is 13.2. The van der Waals surface area contributed by atoms with Gasteiger partial charge in [-0.1, -0.05) is 44.5 Å². The van der Waals surface area contributed by atoms with E-state index in [0.29, 0.717) is 10.9 Å². The molecule has 0 saturated carbocycles. The fourth-order valence-electron chi connectivity index (χ4n) is 1.61. The lowest BCUT2D eigenvalue weighted by Crippen LogP contribution is -2.10. The van der Waals surface area contributed by atoms with Crippen molar-refractivity contribution >= 4 is 11.6 Å². The summed E-state index contributed by atoms with van der Waals surface area (Å²) in [4.78, 5) is 3.91. The lowest BCUT2D eigenvalue weighted by molar-refractivity contribution is 0.480. The van der Waals surface area contributed by atoms with Crippen LogP contribution in [0.25, 0.3) is 0 Å². The molecule has 0 radical (unpaired) electrons. The number of nitrogens with zero attached hydrogens (tertiary/aromatic N) is 1. The molecule has 0 unspecified atom stereocenters. The molecule has 94 valence electrons. The van der Waals surface area contributed by atoms with Crippen molar-refractivity contribution < 1.29 is 4.74 Å². The van der Waals surface area contributed by atoms with E-state index in [4.69, 9.17) is 16.3 Å². The smallest absolute Gasteiger partial charge is 0.132 e. The first-order valence-electron chi connectivity index (χ1n) is 5.85.